The molecule has 0 saturated heterocycles. The number of ether oxygens (including phenoxy) is 1. The predicted molar refractivity (Wildman–Crippen MR) is 42.5 cm³/mol. The summed E-state index contributed by atoms with van der Waals surface area (Å²) in [7, 11) is 0. The first-order valence-corrected chi connectivity index (χ1v) is 3.19. The van der Waals surface area contributed by atoms with Crippen LogP contribution in [0.1, 0.15) is 6.92 Å². The fourth-order valence-corrected chi connectivity index (χ4v) is 0.338. The van der Waals surface area contributed by atoms with Crippen LogP contribution in [0.2, 0.25) is 0 Å². The lowest BCUT2D eigenvalue weighted by molar-refractivity contribution is -0.139. The van der Waals surface area contributed by atoms with Gasteiger partial charge in [0.25, 0.3) is 0 Å². The van der Waals surface area contributed by atoms with Crippen molar-refractivity contribution in [1.82, 2.24) is 0 Å². The molecule has 12 heavy (non-hydrogen) atoms. The molecule has 0 aromatic heterocycles. The normalized spacial score (nSPS) is 8.75. The highest BCUT2D eigenvalue weighted by molar-refractivity contribution is 5.89. The Labute approximate surface area is 70.1 Å². The summed E-state index contributed by atoms with van der Waals surface area (Å²) in [5, 5.41) is 8.32. The summed E-state index contributed by atoms with van der Waals surface area (Å²) in [4.78, 5) is 20.9. The molecule has 0 rings (SSSR count). The van der Waals surface area contributed by atoms with E-state index >= 15 is 0 Å². The molecular weight excluding hydrogens is 160 g/mol. The first-order chi connectivity index (χ1) is 5.45. The zero-order valence-corrected chi connectivity index (χ0v) is 6.79. The van der Waals surface area contributed by atoms with Crippen LogP contribution in [0, 0.1) is 0 Å². The van der Waals surface area contributed by atoms with Crippen LogP contribution in [0.25, 0.3) is 0 Å². The van der Waals surface area contributed by atoms with Gasteiger partial charge in [0.05, 0.1) is 5.57 Å². The number of hydrogen-bond acceptors (Lipinski definition) is 3. The van der Waals surface area contributed by atoms with Crippen LogP contribution in [0.15, 0.2) is 24.3 Å². The molecule has 0 amide bonds. The molecule has 4 heteroatoms. The van der Waals surface area contributed by atoms with Crippen molar-refractivity contribution in [2.75, 3.05) is 6.61 Å². The van der Waals surface area contributed by atoms with Crippen molar-refractivity contribution >= 4 is 11.9 Å². The van der Waals surface area contributed by atoms with E-state index in [0.29, 0.717) is 0 Å². The van der Waals surface area contributed by atoms with Gasteiger partial charge in [0.1, 0.15) is 6.61 Å². The van der Waals surface area contributed by atoms with E-state index in [1.807, 2.05) is 0 Å². The van der Waals surface area contributed by atoms with Crippen molar-refractivity contribution in [1.29, 1.82) is 0 Å². The van der Waals surface area contributed by atoms with E-state index in [9.17, 15) is 9.59 Å². The summed E-state index contributed by atoms with van der Waals surface area (Å²) in [6.07, 6.45) is 0. The van der Waals surface area contributed by atoms with E-state index in [4.69, 9.17) is 5.11 Å². The minimum absolute atomic E-state index is 0.162. The number of carboxylic acids is 1. The van der Waals surface area contributed by atoms with Gasteiger partial charge in [-0.2, -0.15) is 0 Å². The van der Waals surface area contributed by atoms with Crippen molar-refractivity contribution in [2.24, 2.45) is 0 Å². The Kier molecular flexibility index (Phi) is 3.76. The fraction of sp³-hybridized carbons (Fsp3) is 0.250. The standard InChI is InChI=1S/C8H10O4/c1-5(2)8(11)12-4-6(3)7(9)10/h1,3-4H2,2H3,(H,9,10). The third-order valence-electron chi connectivity index (χ3n) is 1.03. The smallest absolute Gasteiger partial charge is 0.334 e. The minimum atomic E-state index is -1.18. The number of hydrogen-bond donors (Lipinski definition) is 1. The fourth-order valence-electron chi connectivity index (χ4n) is 0.338. The first-order valence-electron chi connectivity index (χ1n) is 3.19. The molecule has 0 aromatic rings. The maximum Gasteiger partial charge on any atom is 0.334 e. The molecule has 0 unspecified atom stereocenters. The number of esters is 1. The van der Waals surface area contributed by atoms with Gasteiger partial charge in [0, 0.05) is 5.57 Å². The van der Waals surface area contributed by atoms with E-state index < -0.39 is 11.9 Å². The third kappa shape index (κ3) is 3.55. The second-order valence-electron chi connectivity index (χ2n) is 2.27. The van der Waals surface area contributed by atoms with Crippen LogP contribution in [0.4, 0.5) is 0 Å². The largest absolute Gasteiger partial charge is 0.478 e. The third-order valence-corrected chi connectivity index (χ3v) is 1.03. The van der Waals surface area contributed by atoms with E-state index in [1.165, 1.54) is 6.92 Å². The number of rotatable bonds is 4. The van der Waals surface area contributed by atoms with E-state index in [-0.39, 0.29) is 17.8 Å². The molecule has 4 nitrogen and oxygen atoms in total. The molecule has 0 aliphatic carbocycles. The van der Waals surface area contributed by atoms with Crippen LogP contribution in [-0.2, 0) is 14.3 Å². The van der Waals surface area contributed by atoms with Crippen LogP contribution in [0.3, 0.4) is 0 Å². The SMILES string of the molecule is C=C(C)C(=O)OCC(=C)C(=O)O. The van der Waals surface area contributed by atoms with Gasteiger partial charge in [0.2, 0.25) is 0 Å². The van der Waals surface area contributed by atoms with Gasteiger partial charge in [-0.05, 0) is 6.92 Å². The van der Waals surface area contributed by atoms with E-state index in [1.54, 1.807) is 0 Å². The van der Waals surface area contributed by atoms with E-state index in [2.05, 4.69) is 17.9 Å². The Balaban J connectivity index is 3.85. The van der Waals surface area contributed by atoms with Crippen molar-refractivity contribution in [3.05, 3.63) is 24.3 Å². The first kappa shape index (κ1) is 10.4. The highest BCUT2D eigenvalue weighted by Crippen LogP contribution is 1.96. The molecule has 0 aromatic carbocycles. The average molecular weight is 170 g/mol. The van der Waals surface area contributed by atoms with Gasteiger partial charge in [-0.1, -0.05) is 13.2 Å². The lowest BCUT2D eigenvalue weighted by Gasteiger charge is -2.02. The number of carbonyl (C=O) groups excluding carboxylic acids is 1. The number of carbonyl (C=O) groups is 2. The molecule has 0 heterocycles. The Morgan fingerprint density at radius 3 is 2.25 bits per heavy atom. The average Bonchev–Trinajstić information content (AvgIpc) is 1.98. The van der Waals surface area contributed by atoms with Gasteiger partial charge in [-0.25, -0.2) is 9.59 Å². The molecule has 0 spiro atoms. The Bertz CT molecular complexity index is 213. The maximum atomic E-state index is 10.7. The molecule has 0 radical (unpaired) electrons. The molecule has 66 valence electrons. The minimum Gasteiger partial charge on any atom is -0.478 e. The highest BCUT2D eigenvalue weighted by atomic mass is 16.5. The predicted octanol–water partition coefficient (Wildman–Crippen LogP) is 0.746. The zero-order chi connectivity index (χ0) is 9.72. The molecule has 0 aliphatic heterocycles. The van der Waals surface area contributed by atoms with Gasteiger partial charge < -0.3 is 9.84 Å². The molecular formula is C8H10O4. The number of aliphatic carboxylic acids is 1. The quantitative estimate of drug-likeness (QED) is 0.499. The second-order valence-corrected chi connectivity index (χ2v) is 2.27. The monoisotopic (exact) mass is 170 g/mol. The van der Waals surface area contributed by atoms with Crippen molar-refractivity contribution in [2.45, 2.75) is 6.92 Å². The van der Waals surface area contributed by atoms with Crippen molar-refractivity contribution in [3.63, 3.8) is 0 Å². The molecule has 0 fully saturated rings. The molecule has 0 aliphatic rings. The summed E-state index contributed by atoms with van der Waals surface area (Å²) < 4.78 is 4.51. The summed E-state index contributed by atoms with van der Waals surface area (Å²) in [6.45, 7) is 7.68. The second kappa shape index (κ2) is 4.33. The van der Waals surface area contributed by atoms with Gasteiger partial charge >= 0.3 is 11.9 Å². The summed E-state index contributed by atoms with van der Waals surface area (Å²) in [6, 6.07) is 0. The maximum absolute atomic E-state index is 10.7. The van der Waals surface area contributed by atoms with Gasteiger partial charge in [0.15, 0.2) is 0 Å². The lowest BCUT2D eigenvalue weighted by Crippen LogP contribution is -2.12. The highest BCUT2D eigenvalue weighted by Gasteiger charge is 2.08. The molecule has 0 atom stereocenters. The summed E-state index contributed by atoms with van der Waals surface area (Å²) >= 11 is 0. The van der Waals surface area contributed by atoms with Crippen LogP contribution in [0.5, 0.6) is 0 Å². The topological polar surface area (TPSA) is 63.6 Å². The van der Waals surface area contributed by atoms with Crippen LogP contribution >= 0.6 is 0 Å². The Morgan fingerprint density at radius 1 is 1.42 bits per heavy atom. The van der Waals surface area contributed by atoms with Crippen molar-refractivity contribution < 1.29 is 19.4 Å². The Hall–Kier alpha value is -1.58. The number of carboxylic acid groups (broad SMARTS) is 1. The summed E-state index contributed by atoms with van der Waals surface area (Å²) in [5.74, 6) is -1.79. The van der Waals surface area contributed by atoms with Gasteiger partial charge in [-0.15, -0.1) is 0 Å². The lowest BCUT2D eigenvalue weighted by atomic mass is 10.3. The van der Waals surface area contributed by atoms with Crippen LogP contribution < -0.4 is 0 Å². The van der Waals surface area contributed by atoms with Crippen LogP contribution in [-0.4, -0.2) is 23.7 Å². The van der Waals surface area contributed by atoms with Crippen molar-refractivity contribution in [3.8, 4) is 0 Å². The molecule has 0 bridgehead atoms. The van der Waals surface area contributed by atoms with Gasteiger partial charge in [-0.3, -0.25) is 0 Å². The van der Waals surface area contributed by atoms with E-state index in [0.717, 1.165) is 0 Å². The summed E-state index contributed by atoms with van der Waals surface area (Å²) in [5.41, 5.74) is 0.0674. The Morgan fingerprint density at radius 2 is 1.92 bits per heavy atom. The zero-order valence-electron chi connectivity index (χ0n) is 6.79. The molecule has 1 N–H and O–H groups in total. The molecule has 0 saturated carbocycles.